The maximum Gasteiger partial charge on any atom is 0.315 e. The topological polar surface area (TPSA) is 61.4 Å². The van der Waals surface area contributed by atoms with Crippen LogP contribution >= 0.6 is 0 Å². The standard InChI is InChI=1S/C20H25FN2O2/c1-15(13-16-7-5-10-18(21)14-16)22-20(25)23-19(11-6-12-24)17-8-3-2-4-9-17/h2-5,7-10,14-15,19,24H,6,11-13H2,1H3,(H2,22,23,25). The van der Waals surface area contributed by atoms with Crippen LogP contribution in [0.2, 0.25) is 0 Å². The summed E-state index contributed by atoms with van der Waals surface area (Å²) >= 11 is 0. The highest BCUT2D eigenvalue weighted by Gasteiger charge is 2.15. The molecule has 0 saturated heterocycles. The van der Waals surface area contributed by atoms with Gasteiger partial charge in [0.15, 0.2) is 0 Å². The van der Waals surface area contributed by atoms with Crippen molar-refractivity contribution in [1.82, 2.24) is 10.6 Å². The molecule has 0 saturated carbocycles. The predicted octanol–water partition coefficient (Wildman–Crippen LogP) is 3.57. The SMILES string of the molecule is CC(Cc1cccc(F)c1)NC(=O)NC(CCCO)c1ccccc1. The fourth-order valence-corrected chi connectivity index (χ4v) is 2.80. The summed E-state index contributed by atoms with van der Waals surface area (Å²) in [5, 5.41) is 14.9. The van der Waals surface area contributed by atoms with E-state index in [1.807, 2.05) is 43.3 Å². The molecule has 25 heavy (non-hydrogen) atoms. The van der Waals surface area contributed by atoms with E-state index in [2.05, 4.69) is 10.6 Å². The molecule has 5 heteroatoms. The summed E-state index contributed by atoms with van der Waals surface area (Å²) in [6.45, 7) is 1.97. The monoisotopic (exact) mass is 344 g/mol. The fraction of sp³-hybridized carbons (Fsp3) is 0.350. The van der Waals surface area contributed by atoms with Gasteiger partial charge in [-0.15, -0.1) is 0 Å². The number of benzene rings is 2. The zero-order chi connectivity index (χ0) is 18.1. The van der Waals surface area contributed by atoms with E-state index in [-0.39, 0.29) is 30.5 Å². The number of carbonyl (C=O) groups excluding carboxylic acids is 1. The number of aliphatic hydroxyl groups is 1. The van der Waals surface area contributed by atoms with Crippen LogP contribution in [0.15, 0.2) is 54.6 Å². The van der Waals surface area contributed by atoms with Crippen molar-refractivity contribution in [2.24, 2.45) is 0 Å². The van der Waals surface area contributed by atoms with Gasteiger partial charge in [0.25, 0.3) is 0 Å². The maximum atomic E-state index is 13.2. The van der Waals surface area contributed by atoms with E-state index in [0.29, 0.717) is 19.3 Å². The van der Waals surface area contributed by atoms with Crippen LogP contribution in [0.4, 0.5) is 9.18 Å². The average molecular weight is 344 g/mol. The Bertz CT molecular complexity index is 664. The Morgan fingerprint density at radius 1 is 1.12 bits per heavy atom. The minimum atomic E-state index is -0.276. The number of amides is 2. The molecule has 0 fully saturated rings. The number of nitrogens with one attached hydrogen (secondary N) is 2. The fourth-order valence-electron chi connectivity index (χ4n) is 2.80. The number of rotatable bonds is 8. The lowest BCUT2D eigenvalue weighted by Crippen LogP contribution is -2.43. The molecule has 2 amide bonds. The molecule has 2 atom stereocenters. The Labute approximate surface area is 148 Å². The van der Waals surface area contributed by atoms with Gasteiger partial charge < -0.3 is 15.7 Å². The average Bonchev–Trinajstić information content (AvgIpc) is 2.59. The third-order valence-corrected chi connectivity index (χ3v) is 3.97. The van der Waals surface area contributed by atoms with E-state index < -0.39 is 0 Å². The van der Waals surface area contributed by atoms with Crippen LogP contribution in [0.1, 0.15) is 36.9 Å². The van der Waals surface area contributed by atoms with Gasteiger partial charge in [-0.2, -0.15) is 0 Å². The first kappa shape index (κ1) is 18.9. The molecule has 0 aliphatic heterocycles. The number of hydrogen-bond donors (Lipinski definition) is 3. The van der Waals surface area contributed by atoms with Gasteiger partial charge >= 0.3 is 6.03 Å². The minimum Gasteiger partial charge on any atom is -0.396 e. The van der Waals surface area contributed by atoms with Gasteiger partial charge in [-0.05, 0) is 49.4 Å². The van der Waals surface area contributed by atoms with Crippen LogP contribution in [0, 0.1) is 5.82 Å². The van der Waals surface area contributed by atoms with Crippen LogP contribution in [-0.2, 0) is 6.42 Å². The third kappa shape index (κ3) is 6.55. The molecule has 0 aliphatic rings. The van der Waals surface area contributed by atoms with E-state index >= 15 is 0 Å². The molecule has 3 N–H and O–H groups in total. The highest BCUT2D eigenvalue weighted by molar-refractivity contribution is 5.74. The van der Waals surface area contributed by atoms with Gasteiger partial charge in [-0.25, -0.2) is 9.18 Å². The Morgan fingerprint density at radius 2 is 1.88 bits per heavy atom. The van der Waals surface area contributed by atoms with Gasteiger partial charge in [0.1, 0.15) is 5.82 Å². The lowest BCUT2D eigenvalue weighted by Gasteiger charge is -2.21. The van der Waals surface area contributed by atoms with Crippen LogP contribution in [0.5, 0.6) is 0 Å². The molecule has 0 radical (unpaired) electrons. The Hall–Kier alpha value is -2.40. The van der Waals surface area contributed by atoms with E-state index in [4.69, 9.17) is 5.11 Å². The van der Waals surface area contributed by atoms with Gasteiger partial charge in [-0.3, -0.25) is 0 Å². The van der Waals surface area contributed by atoms with Gasteiger partial charge in [0.2, 0.25) is 0 Å². The van der Waals surface area contributed by atoms with Crippen molar-refractivity contribution in [3.05, 3.63) is 71.5 Å². The van der Waals surface area contributed by atoms with Gasteiger partial charge in [-0.1, -0.05) is 42.5 Å². The molecule has 2 aromatic rings. The lowest BCUT2D eigenvalue weighted by atomic mass is 10.0. The summed E-state index contributed by atoms with van der Waals surface area (Å²) in [4.78, 5) is 12.3. The predicted molar refractivity (Wildman–Crippen MR) is 96.7 cm³/mol. The zero-order valence-electron chi connectivity index (χ0n) is 14.4. The lowest BCUT2D eigenvalue weighted by molar-refractivity contribution is 0.230. The molecule has 134 valence electrons. The van der Waals surface area contributed by atoms with E-state index in [0.717, 1.165) is 11.1 Å². The van der Waals surface area contributed by atoms with Crippen molar-refractivity contribution >= 4 is 6.03 Å². The zero-order valence-corrected chi connectivity index (χ0v) is 14.4. The van der Waals surface area contributed by atoms with Gasteiger partial charge in [0.05, 0.1) is 6.04 Å². The molecule has 4 nitrogen and oxygen atoms in total. The molecular weight excluding hydrogens is 319 g/mol. The second-order valence-electron chi connectivity index (χ2n) is 6.18. The summed E-state index contributed by atoms with van der Waals surface area (Å²) in [6.07, 6.45) is 1.82. The Morgan fingerprint density at radius 3 is 2.56 bits per heavy atom. The van der Waals surface area contributed by atoms with Crippen LogP contribution < -0.4 is 10.6 Å². The Kier molecular flexibility index (Phi) is 7.41. The second kappa shape index (κ2) is 9.79. The van der Waals surface area contributed by atoms with Crippen LogP contribution in [0.25, 0.3) is 0 Å². The van der Waals surface area contributed by atoms with E-state index in [1.54, 1.807) is 6.07 Å². The number of halogens is 1. The number of hydrogen-bond acceptors (Lipinski definition) is 2. The molecule has 0 bridgehead atoms. The first-order valence-corrected chi connectivity index (χ1v) is 8.55. The maximum absolute atomic E-state index is 13.2. The molecule has 0 aliphatic carbocycles. The molecule has 2 rings (SSSR count). The first-order valence-electron chi connectivity index (χ1n) is 8.55. The normalized spacial score (nSPS) is 13.1. The largest absolute Gasteiger partial charge is 0.396 e. The number of aliphatic hydroxyl groups excluding tert-OH is 1. The molecule has 0 spiro atoms. The third-order valence-electron chi connectivity index (χ3n) is 3.97. The van der Waals surface area contributed by atoms with Crippen molar-refractivity contribution in [1.29, 1.82) is 0 Å². The molecule has 0 heterocycles. The summed E-state index contributed by atoms with van der Waals surface area (Å²) in [5.74, 6) is -0.276. The minimum absolute atomic E-state index is 0.0859. The molecule has 0 aromatic heterocycles. The van der Waals surface area contributed by atoms with Crippen molar-refractivity contribution in [3.8, 4) is 0 Å². The quantitative estimate of drug-likeness (QED) is 0.685. The number of urea groups is 1. The van der Waals surface area contributed by atoms with Crippen molar-refractivity contribution < 1.29 is 14.3 Å². The molecule has 2 aromatic carbocycles. The Balaban J connectivity index is 1.91. The molecular formula is C20H25FN2O2. The first-order chi connectivity index (χ1) is 12.1. The highest BCUT2D eigenvalue weighted by atomic mass is 19.1. The highest BCUT2D eigenvalue weighted by Crippen LogP contribution is 2.18. The summed E-state index contributed by atoms with van der Waals surface area (Å²) in [7, 11) is 0. The van der Waals surface area contributed by atoms with E-state index in [9.17, 15) is 9.18 Å². The van der Waals surface area contributed by atoms with Gasteiger partial charge in [0, 0.05) is 12.6 Å². The second-order valence-corrected chi connectivity index (χ2v) is 6.18. The van der Waals surface area contributed by atoms with Crippen LogP contribution in [0.3, 0.4) is 0 Å². The summed E-state index contributed by atoms with van der Waals surface area (Å²) < 4.78 is 13.2. The van der Waals surface area contributed by atoms with E-state index in [1.165, 1.54) is 12.1 Å². The molecule has 2 unspecified atom stereocenters. The van der Waals surface area contributed by atoms with Crippen LogP contribution in [-0.4, -0.2) is 23.8 Å². The van der Waals surface area contributed by atoms with Crippen molar-refractivity contribution in [2.75, 3.05) is 6.61 Å². The summed E-state index contributed by atoms with van der Waals surface area (Å²) in [6, 6.07) is 15.5. The smallest absolute Gasteiger partial charge is 0.315 e. The summed E-state index contributed by atoms with van der Waals surface area (Å²) in [5.41, 5.74) is 1.84. The van der Waals surface area contributed by atoms with Crippen molar-refractivity contribution in [2.45, 2.75) is 38.3 Å². The number of carbonyl (C=O) groups is 1. The van der Waals surface area contributed by atoms with Crippen molar-refractivity contribution in [3.63, 3.8) is 0 Å².